The van der Waals surface area contributed by atoms with Gasteiger partial charge >= 0.3 is 0 Å². The second kappa shape index (κ2) is 9.37. The van der Waals surface area contributed by atoms with Gasteiger partial charge in [0.25, 0.3) is 0 Å². The van der Waals surface area contributed by atoms with Crippen LogP contribution in [0.1, 0.15) is 37.7 Å². The van der Waals surface area contributed by atoms with Crippen LogP contribution in [-0.4, -0.2) is 63.2 Å². The maximum absolute atomic E-state index is 6.39. The van der Waals surface area contributed by atoms with Gasteiger partial charge in [-0.1, -0.05) is 12.1 Å². The second-order valence-corrected chi connectivity index (χ2v) is 8.14. The van der Waals surface area contributed by atoms with Crippen molar-refractivity contribution in [1.29, 1.82) is 0 Å². The van der Waals surface area contributed by atoms with Gasteiger partial charge in [0.15, 0.2) is 0 Å². The minimum atomic E-state index is 0.270. The Balaban J connectivity index is 1.20. The largest absolute Gasteiger partial charge is 0.497 e. The summed E-state index contributed by atoms with van der Waals surface area (Å²) >= 11 is 0. The van der Waals surface area contributed by atoms with Gasteiger partial charge in [-0.05, 0) is 55.7 Å². The molecule has 0 radical (unpaired) electrons. The Morgan fingerprint density at radius 1 is 1.00 bits per heavy atom. The van der Waals surface area contributed by atoms with E-state index in [4.69, 9.17) is 18.9 Å². The van der Waals surface area contributed by atoms with E-state index in [2.05, 4.69) is 17.0 Å². The molecule has 1 aromatic rings. The summed E-state index contributed by atoms with van der Waals surface area (Å²) in [4.78, 5) is 2.59. The van der Waals surface area contributed by atoms with Crippen LogP contribution in [0.25, 0.3) is 0 Å². The molecule has 3 aliphatic heterocycles. The van der Waals surface area contributed by atoms with Crippen molar-refractivity contribution in [2.75, 3.05) is 40.1 Å². The highest BCUT2D eigenvalue weighted by Gasteiger charge is 2.39. The first-order chi connectivity index (χ1) is 13.3. The van der Waals surface area contributed by atoms with Crippen LogP contribution in [0.4, 0.5) is 0 Å². The number of rotatable bonds is 7. The molecule has 150 valence electrons. The number of benzene rings is 1. The topological polar surface area (TPSA) is 40.2 Å². The third kappa shape index (κ3) is 5.02. The molecule has 5 nitrogen and oxygen atoms in total. The summed E-state index contributed by atoms with van der Waals surface area (Å²) in [6, 6.07) is 8.99. The van der Waals surface area contributed by atoms with E-state index in [1.807, 2.05) is 12.1 Å². The van der Waals surface area contributed by atoms with Crippen molar-refractivity contribution in [2.45, 2.75) is 56.9 Å². The van der Waals surface area contributed by atoms with Crippen LogP contribution in [0.2, 0.25) is 0 Å². The zero-order valence-corrected chi connectivity index (χ0v) is 16.5. The minimum absolute atomic E-state index is 0.270. The van der Waals surface area contributed by atoms with Crippen LogP contribution in [0, 0.1) is 5.92 Å². The summed E-state index contributed by atoms with van der Waals surface area (Å²) in [6.07, 6.45) is 6.37. The summed E-state index contributed by atoms with van der Waals surface area (Å²) in [5.74, 6) is 1.59. The first kappa shape index (κ1) is 19.2. The van der Waals surface area contributed by atoms with Crippen LogP contribution in [0.5, 0.6) is 5.75 Å². The molecule has 0 spiro atoms. The molecule has 3 fully saturated rings. The number of fused-ring (bicyclic) bond motifs is 1. The van der Waals surface area contributed by atoms with Gasteiger partial charge < -0.3 is 18.9 Å². The molecule has 3 heterocycles. The zero-order valence-electron chi connectivity index (χ0n) is 16.5. The lowest BCUT2D eigenvalue weighted by Crippen LogP contribution is -2.43. The summed E-state index contributed by atoms with van der Waals surface area (Å²) in [5, 5.41) is 0. The SMILES string of the molecule is COc1ccc(CN2CC[C@H]3O[C@@H](COCC4CCOCC4)CC[C@H]32)cc1. The number of hydrogen-bond donors (Lipinski definition) is 0. The molecule has 0 saturated carbocycles. The highest BCUT2D eigenvalue weighted by atomic mass is 16.5. The Bertz CT molecular complexity index is 572. The fourth-order valence-electron chi connectivity index (χ4n) is 4.65. The zero-order chi connectivity index (χ0) is 18.5. The number of ether oxygens (including phenoxy) is 4. The van der Waals surface area contributed by atoms with E-state index in [1.54, 1.807) is 7.11 Å². The Morgan fingerprint density at radius 2 is 1.81 bits per heavy atom. The molecule has 3 aliphatic rings. The molecule has 3 saturated heterocycles. The van der Waals surface area contributed by atoms with E-state index >= 15 is 0 Å². The van der Waals surface area contributed by atoms with Crippen molar-refractivity contribution in [2.24, 2.45) is 5.92 Å². The fourth-order valence-corrected chi connectivity index (χ4v) is 4.65. The Hall–Kier alpha value is -1.14. The van der Waals surface area contributed by atoms with Gasteiger partial charge in [0, 0.05) is 39.0 Å². The molecule has 0 aliphatic carbocycles. The molecule has 0 amide bonds. The smallest absolute Gasteiger partial charge is 0.118 e. The highest BCUT2D eigenvalue weighted by Crippen LogP contribution is 2.33. The normalized spacial score (nSPS) is 29.6. The van der Waals surface area contributed by atoms with Crippen LogP contribution in [0.3, 0.4) is 0 Å². The molecule has 5 heteroatoms. The van der Waals surface area contributed by atoms with E-state index in [9.17, 15) is 0 Å². The quantitative estimate of drug-likeness (QED) is 0.732. The number of methoxy groups -OCH3 is 1. The van der Waals surface area contributed by atoms with Gasteiger partial charge in [-0.15, -0.1) is 0 Å². The van der Waals surface area contributed by atoms with Crippen molar-refractivity contribution in [3.05, 3.63) is 29.8 Å². The predicted octanol–water partition coefficient (Wildman–Crippen LogP) is 3.26. The average Bonchev–Trinajstić information content (AvgIpc) is 3.11. The van der Waals surface area contributed by atoms with Crippen molar-refractivity contribution in [3.8, 4) is 5.75 Å². The standard InChI is InChI=1S/C22H33NO4/c1-24-19-4-2-17(3-5-19)14-23-11-8-22-21(23)7-6-20(27-22)16-26-15-18-9-12-25-13-10-18/h2-5,18,20-22H,6-16H2,1H3/t20-,21-,22-/m1/s1. The van der Waals surface area contributed by atoms with Gasteiger partial charge in [-0.2, -0.15) is 0 Å². The fraction of sp³-hybridized carbons (Fsp3) is 0.727. The first-order valence-corrected chi connectivity index (χ1v) is 10.5. The van der Waals surface area contributed by atoms with Gasteiger partial charge in [-0.3, -0.25) is 4.90 Å². The number of likely N-dealkylation sites (tertiary alicyclic amines) is 1. The summed E-state index contributed by atoms with van der Waals surface area (Å²) in [7, 11) is 1.71. The predicted molar refractivity (Wildman–Crippen MR) is 104 cm³/mol. The number of hydrogen-bond acceptors (Lipinski definition) is 5. The van der Waals surface area contributed by atoms with E-state index in [1.165, 1.54) is 12.0 Å². The van der Waals surface area contributed by atoms with Crippen molar-refractivity contribution < 1.29 is 18.9 Å². The molecule has 0 unspecified atom stereocenters. The van der Waals surface area contributed by atoms with Crippen LogP contribution >= 0.6 is 0 Å². The molecular weight excluding hydrogens is 342 g/mol. The monoisotopic (exact) mass is 375 g/mol. The summed E-state index contributed by atoms with van der Waals surface area (Å²) < 4.78 is 23.1. The summed E-state index contributed by atoms with van der Waals surface area (Å²) in [6.45, 7) is 5.51. The minimum Gasteiger partial charge on any atom is -0.497 e. The third-order valence-electron chi connectivity index (χ3n) is 6.29. The molecule has 0 N–H and O–H groups in total. The van der Waals surface area contributed by atoms with E-state index in [0.717, 1.165) is 70.9 Å². The number of nitrogens with zero attached hydrogens (tertiary/aromatic N) is 1. The van der Waals surface area contributed by atoms with Gasteiger partial charge in [0.05, 0.1) is 25.9 Å². The van der Waals surface area contributed by atoms with E-state index in [0.29, 0.717) is 18.1 Å². The molecular formula is C22H33NO4. The molecule has 0 bridgehead atoms. The maximum Gasteiger partial charge on any atom is 0.118 e. The molecule has 3 atom stereocenters. The van der Waals surface area contributed by atoms with Crippen LogP contribution in [0.15, 0.2) is 24.3 Å². The first-order valence-electron chi connectivity index (χ1n) is 10.5. The van der Waals surface area contributed by atoms with Crippen molar-refractivity contribution >= 4 is 0 Å². The lowest BCUT2D eigenvalue weighted by atomic mass is 9.99. The highest BCUT2D eigenvalue weighted by molar-refractivity contribution is 5.27. The third-order valence-corrected chi connectivity index (χ3v) is 6.29. The molecule has 4 rings (SSSR count). The Labute approximate surface area is 162 Å². The molecule has 27 heavy (non-hydrogen) atoms. The van der Waals surface area contributed by atoms with E-state index in [-0.39, 0.29) is 6.10 Å². The lowest BCUT2D eigenvalue weighted by molar-refractivity contribution is -0.105. The molecule has 0 aromatic heterocycles. The van der Waals surface area contributed by atoms with Gasteiger partial charge in [-0.25, -0.2) is 0 Å². The molecule has 1 aromatic carbocycles. The average molecular weight is 376 g/mol. The summed E-state index contributed by atoms with van der Waals surface area (Å²) in [5.41, 5.74) is 1.35. The maximum atomic E-state index is 6.39. The van der Waals surface area contributed by atoms with Crippen LogP contribution < -0.4 is 4.74 Å². The van der Waals surface area contributed by atoms with E-state index < -0.39 is 0 Å². The van der Waals surface area contributed by atoms with Crippen molar-refractivity contribution in [3.63, 3.8) is 0 Å². The Kier molecular flexibility index (Phi) is 6.66. The Morgan fingerprint density at radius 3 is 2.59 bits per heavy atom. The van der Waals surface area contributed by atoms with Gasteiger partial charge in [0.1, 0.15) is 5.75 Å². The lowest BCUT2D eigenvalue weighted by Gasteiger charge is -2.36. The van der Waals surface area contributed by atoms with Crippen molar-refractivity contribution in [1.82, 2.24) is 4.90 Å². The second-order valence-electron chi connectivity index (χ2n) is 8.14. The van der Waals surface area contributed by atoms with Crippen LogP contribution in [-0.2, 0) is 20.8 Å². The van der Waals surface area contributed by atoms with Gasteiger partial charge in [0.2, 0.25) is 0 Å².